The Morgan fingerprint density at radius 3 is 2.62 bits per heavy atom. The quantitative estimate of drug-likeness (QED) is 0.431. The molecular weight excluding hydrogens is 364 g/mol. The Hall–Kier alpha value is -1.31. The molecule has 3 N–H and O–H groups in total. The Morgan fingerprint density at radius 1 is 1.24 bits per heavy atom. The molecule has 3 saturated carbocycles. The number of carbonyl (C=O) groups is 1. The first-order valence-corrected chi connectivity index (χ1v) is 11.7. The standard InChI is InChI=1S/C25H38O4/c1-3-4-10-19-18(11-7-12-23(27)28)20-13-14-22(26)21(24(19)20)15-16-25(2,29)17-8-5-6-9-17/h11,17,19-22,24,26,29H,3-10,12-14H2,1-2H3,(H,27,28)/t19?,20-,21+,22-,24+,25?/m0/s1. The number of carboxylic acids is 1. The van der Waals surface area contributed by atoms with E-state index in [2.05, 4.69) is 24.8 Å². The van der Waals surface area contributed by atoms with E-state index < -0.39 is 17.7 Å². The van der Waals surface area contributed by atoms with Gasteiger partial charge in [-0.25, -0.2) is 0 Å². The molecule has 0 bridgehead atoms. The van der Waals surface area contributed by atoms with E-state index in [1.807, 2.05) is 6.92 Å². The third-order valence-electron chi connectivity index (χ3n) is 7.64. The lowest BCUT2D eigenvalue weighted by molar-refractivity contribution is -0.136. The van der Waals surface area contributed by atoms with Crippen LogP contribution in [-0.4, -0.2) is 33.0 Å². The van der Waals surface area contributed by atoms with Crippen LogP contribution < -0.4 is 0 Å². The van der Waals surface area contributed by atoms with Gasteiger partial charge in [0.2, 0.25) is 0 Å². The highest BCUT2D eigenvalue weighted by atomic mass is 16.4. The smallest absolute Gasteiger partial charge is 0.303 e. The van der Waals surface area contributed by atoms with Crippen molar-refractivity contribution in [2.45, 2.75) is 96.2 Å². The second-order valence-corrected chi connectivity index (χ2v) is 9.64. The first-order valence-electron chi connectivity index (χ1n) is 11.7. The summed E-state index contributed by atoms with van der Waals surface area (Å²) in [5.41, 5.74) is 0.442. The fraction of sp³-hybridized carbons (Fsp3) is 0.800. The molecule has 6 atom stereocenters. The number of carboxylic acid groups (broad SMARTS) is 1. The van der Waals surface area contributed by atoms with Crippen molar-refractivity contribution in [2.24, 2.45) is 29.6 Å². The number of unbranched alkanes of at least 4 members (excludes halogenated alkanes) is 1. The van der Waals surface area contributed by atoms with E-state index in [-0.39, 0.29) is 18.3 Å². The normalized spacial score (nSPS) is 35.3. The van der Waals surface area contributed by atoms with Crippen molar-refractivity contribution in [1.82, 2.24) is 0 Å². The van der Waals surface area contributed by atoms with E-state index in [4.69, 9.17) is 5.11 Å². The summed E-state index contributed by atoms with van der Waals surface area (Å²) in [5.74, 6) is 7.11. The molecule has 4 heteroatoms. The molecule has 0 heterocycles. The molecule has 3 rings (SSSR count). The van der Waals surface area contributed by atoms with Gasteiger partial charge in [0.1, 0.15) is 5.60 Å². The highest BCUT2D eigenvalue weighted by molar-refractivity contribution is 5.66. The molecule has 2 unspecified atom stereocenters. The van der Waals surface area contributed by atoms with Gasteiger partial charge in [0.05, 0.1) is 12.0 Å². The third kappa shape index (κ3) is 5.06. The van der Waals surface area contributed by atoms with E-state index in [9.17, 15) is 15.0 Å². The van der Waals surface area contributed by atoms with Crippen LogP contribution in [0.4, 0.5) is 0 Å². The predicted octanol–water partition coefficient (Wildman–Crippen LogP) is 4.55. The van der Waals surface area contributed by atoms with Crippen LogP contribution in [0.25, 0.3) is 0 Å². The van der Waals surface area contributed by atoms with Crippen LogP contribution in [-0.2, 0) is 4.79 Å². The zero-order valence-corrected chi connectivity index (χ0v) is 18.1. The van der Waals surface area contributed by atoms with Crippen LogP contribution in [0.1, 0.15) is 84.5 Å². The van der Waals surface area contributed by atoms with Crippen molar-refractivity contribution in [3.8, 4) is 11.8 Å². The van der Waals surface area contributed by atoms with Crippen LogP contribution in [0.5, 0.6) is 0 Å². The van der Waals surface area contributed by atoms with Crippen molar-refractivity contribution in [2.75, 3.05) is 0 Å². The van der Waals surface area contributed by atoms with Gasteiger partial charge in [-0.15, -0.1) is 0 Å². The molecule has 0 aromatic heterocycles. The molecule has 3 fully saturated rings. The second-order valence-electron chi connectivity index (χ2n) is 9.64. The fourth-order valence-electron chi connectivity index (χ4n) is 5.99. The minimum atomic E-state index is -0.966. The van der Waals surface area contributed by atoms with Gasteiger partial charge in [0.15, 0.2) is 0 Å². The summed E-state index contributed by atoms with van der Waals surface area (Å²) in [6, 6.07) is 0. The molecule has 0 aromatic rings. The number of fused-ring (bicyclic) bond motifs is 1. The van der Waals surface area contributed by atoms with Crippen LogP contribution in [0.3, 0.4) is 0 Å². The highest BCUT2D eigenvalue weighted by Gasteiger charge is 2.52. The summed E-state index contributed by atoms with van der Waals surface area (Å²) >= 11 is 0. The topological polar surface area (TPSA) is 77.8 Å². The predicted molar refractivity (Wildman–Crippen MR) is 114 cm³/mol. The Balaban J connectivity index is 1.77. The van der Waals surface area contributed by atoms with Gasteiger partial charge >= 0.3 is 5.97 Å². The molecule has 29 heavy (non-hydrogen) atoms. The second kappa shape index (κ2) is 9.67. The van der Waals surface area contributed by atoms with Crippen LogP contribution in [0, 0.1) is 41.4 Å². The molecule has 162 valence electrons. The highest BCUT2D eigenvalue weighted by Crippen LogP contribution is 2.57. The van der Waals surface area contributed by atoms with Crippen molar-refractivity contribution in [3.63, 3.8) is 0 Å². The van der Waals surface area contributed by atoms with E-state index in [0.717, 1.165) is 44.9 Å². The van der Waals surface area contributed by atoms with Crippen LogP contribution in [0.2, 0.25) is 0 Å². The van der Waals surface area contributed by atoms with Crippen LogP contribution >= 0.6 is 0 Å². The molecular formula is C25H38O4. The van der Waals surface area contributed by atoms with Gasteiger partial charge < -0.3 is 15.3 Å². The van der Waals surface area contributed by atoms with Gasteiger partial charge in [-0.2, -0.15) is 0 Å². The van der Waals surface area contributed by atoms with E-state index in [1.165, 1.54) is 18.4 Å². The van der Waals surface area contributed by atoms with E-state index in [0.29, 0.717) is 24.2 Å². The number of aliphatic hydroxyl groups excluding tert-OH is 1. The molecule has 0 saturated heterocycles. The van der Waals surface area contributed by atoms with E-state index >= 15 is 0 Å². The van der Waals surface area contributed by atoms with Crippen LogP contribution in [0.15, 0.2) is 11.6 Å². The first kappa shape index (κ1) is 22.4. The SMILES string of the molecule is CCCCC1C(=CCCC(=O)O)[C@@H]2CC[C@H](O)[C@@H](C#CC(C)(O)C3CCCC3)[C@H]12. The van der Waals surface area contributed by atoms with Gasteiger partial charge in [0, 0.05) is 6.42 Å². The molecule has 3 aliphatic rings. The lowest BCUT2D eigenvalue weighted by Gasteiger charge is -2.55. The largest absolute Gasteiger partial charge is 0.481 e. The Labute approximate surface area is 175 Å². The summed E-state index contributed by atoms with van der Waals surface area (Å²) in [4.78, 5) is 10.9. The number of hydrogen-bond acceptors (Lipinski definition) is 3. The van der Waals surface area contributed by atoms with Gasteiger partial charge in [-0.3, -0.25) is 4.79 Å². The number of rotatable bonds is 7. The Bertz CT molecular complexity index is 662. The molecule has 0 amide bonds. The number of aliphatic hydroxyl groups is 2. The maximum atomic E-state index is 10.9. The molecule has 4 nitrogen and oxygen atoms in total. The zero-order chi connectivity index (χ0) is 21.0. The van der Waals surface area contributed by atoms with Crippen molar-refractivity contribution in [1.29, 1.82) is 0 Å². The van der Waals surface area contributed by atoms with E-state index in [1.54, 1.807) is 0 Å². The number of allylic oxidation sites excluding steroid dienone is 2. The summed E-state index contributed by atoms with van der Waals surface area (Å²) in [6.45, 7) is 4.03. The molecule has 0 aliphatic heterocycles. The monoisotopic (exact) mass is 402 g/mol. The lowest BCUT2D eigenvalue weighted by atomic mass is 9.50. The summed E-state index contributed by atoms with van der Waals surface area (Å²) < 4.78 is 0. The summed E-state index contributed by atoms with van der Waals surface area (Å²) in [7, 11) is 0. The van der Waals surface area contributed by atoms with Crippen molar-refractivity contribution < 1.29 is 20.1 Å². The zero-order valence-electron chi connectivity index (χ0n) is 18.1. The minimum absolute atomic E-state index is 0.0832. The minimum Gasteiger partial charge on any atom is -0.481 e. The molecule has 3 aliphatic carbocycles. The average molecular weight is 403 g/mol. The number of aliphatic carboxylic acids is 1. The van der Waals surface area contributed by atoms with Gasteiger partial charge in [-0.05, 0) is 69.1 Å². The summed E-state index contributed by atoms with van der Waals surface area (Å²) in [5, 5.41) is 30.6. The maximum absolute atomic E-state index is 10.9. The van der Waals surface area contributed by atoms with Crippen molar-refractivity contribution in [3.05, 3.63) is 11.6 Å². The van der Waals surface area contributed by atoms with Gasteiger partial charge in [-0.1, -0.05) is 56.1 Å². The lowest BCUT2D eigenvalue weighted by Crippen LogP contribution is -2.51. The molecule has 0 aromatic carbocycles. The Kier molecular flexibility index (Phi) is 7.46. The maximum Gasteiger partial charge on any atom is 0.303 e. The van der Waals surface area contributed by atoms with Gasteiger partial charge in [0.25, 0.3) is 0 Å². The average Bonchev–Trinajstić information content (AvgIpc) is 3.21. The van der Waals surface area contributed by atoms with Crippen molar-refractivity contribution >= 4 is 5.97 Å². The third-order valence-corrected chi connectivity index (χ3v) is 7.64. The fourth-order valence-corrected chi connectivity index (χ4v) is 5.99. The summed E-state index contributed by atoms with van der Waals surface area (Å²) in [6.07, 6.45) is 12.0. The first-order chi connectivity index (χ1) is 13.8. The molecule has 0 radical (unpaired) electrons. The Morgan fingerprint density at radius 2 is 1.97 bits per heavy atom. The molecule has 0 spiro atoms. The number of hydrogen-bond donors (Lipinski definition) is 3.